The van der Waals surface area contributed by atoms with Gasteiger partial charge in [0, 0.05) is 23.1 Å². The molecule has 0 aromatic heterocycles. The predicted molar refractivity (Wildman–Crippen MR) is 154 cm³/mol. The van der Waals surface area contributed by atoms with Gasteiger partial charge in [-0.1, -0.05) is 66.5 Å². The second-order valence-corrected chi connectivity index (χ2v) is 11.3. The molecule has 39 heavy (non-hydrogen) atoms. The first-order valence-electron chi connectivity index (χ1n) is 12.4. The highest BCUT2D eigenvalue weighted by Crippen LogP contribution is 2.33. The Hall–Kier alpha value is -3.27. The number of carbonyl (C=O) groups is 2. The number of methoxy groups -OCH3 is 1. The Morgan fingerprint density at radius 1 is 0.974 bits per heavy atom. The van der Waals surface area contributed by atoms with Gasteiger partial charge in [-0.05, 0) is 55.3 Å². The van der Waals surface area contributed by atoms with Crippen molar-refractivity contribution in [1.29, 1.82) is 0 Å². The molecule has 0 aliphatic carbocycles. The van der Waals surface area contributed by atoms with Crippen LogP contribution in [0.15, 0.2) is 77.7 Å². The maximum atomic E-state index is 14.0. The third kappa shape index (κ3) is 7.23. The molecule has 8 nitrogen and oxygen atoms in total. The number of hydrogen-bond donors (Lipinski definition) is 1. The minimum atomic E-state index is -4.20. The monoisotopic (exact) mass is 591 g/mol. The molecule has 11 heteroatoms. The summed E-state index contributed by atoms with van der Waals surface area (Å²) in [5.74, 6) is -0.675. The molecule has 1 N–H and O–H groups in total. The highest BCUT2D eigenvalue weighted by atomic mass is 35.5. The lowest BCUT2D eigenvalue weighted by Crippen LogP contribution is -2.52. The van der Waals surface area contributed by atoms with Crippen molar-refractivity contribution in [3.05, 3.63) is 88.4 Å². The summed E-state index contributed by atoms with van der Waals surface area (Å²) in [6.07, 6.45) is 0.295. The molecular weight excluding hydrogens is 561 g/mol. The number of carbonyl (C=O) groups excluding carboxylic acids is 2. The van der Waals surface area contributed by atoms with E-state index in [2.05, 4.69) is 5.32 Å². The summed E-state index contributed by atoms with van der Waals surface area (Å²) >= 11 is 12.5. The summed E-state index contributed by atoms with van der Waals surface area (Å²) in [6.45, 7) is 3.31. The Bertz CT molecular complexity index is 1400. The number of nitrogens with one attached hydrogen (secondary N) is 1. The lowest BCUT2D eigenvalue weighted by molar-refractivity contribution is -0.140. The normalized spacial score (nSPS) is 11.9. The number of halogens is 2. The number of ether oxygens (including phenoxy) is 1. The lowest BCUT2D eigenvalue weighted by Gasteiger charge is -2.33. The van der Waals surface area contributed by atoms with Gasteiger partial charge in [-0.25, -0.2) is 8.42 Å². The van der Waals surface area contributed by atoms with Crippen molar-refractivity contribution >= 4 is 50.7 Å². The minimum absolute atomic E-state index is 0.00627. The number of benzene rings is 3. The van der Waals surface area contributed by atoms with Crippen molar-refractivity contribution < 1.29 is 22.7 Å². The summed E-state index contributed by atoms with van der Waals surface area (Å²) in [6, 6.07) is 18.3. The van der Waals surface area contributed by atoms with Gasteiger partial charge in [-0.15, -0.1) is 0 Å². The summed E-state index contributed by atoms with van der Waals surface area (Å²) < 4.78 is 34.2. The molecule has 2 amide bonds. The Kier molecular flexibility index (Phi) is 10.6. The van der Waals surface area contributed by atoms with Gasteiger partial charge in [-0.2, -0.15) is 0 Å². The number of para-hydroxylation sites is 2. The first-order chi connectivity index (χ1) is 18.6. The van der Waals surface area contributed by atoms with E-state index in [1.807, 2.05) is 0 Å². The SMILES string of the molecule is CCNC(=O)C(CC)N(Cc1ccc(Cl)cc1Cl)C(=O)CN(c1ccccc1OC)S(=O)(=O)c1ccccc1. The lowest BCUT2D eigenvalue weighted by atomic mass is 10.1. The summed E-state index contributed by atoms with van der Waals surface area (Å²) in [5, 5.41) is 3.51. The molecule has 0 heterocycles. The van der Waals surface area contributed by atoms with Crippen LogP contribution < -0.4 is 14.4 Å². The molecule has 0 aliphatic rings. The molecule has 0 spiro atoms. The van der Waals surface area contributed by atoms with Crippen LogP contribution in [0.1, 0.15) is 25.8 Å². The van der Waals surface area contributed by atoms with Crippen molar-refractivity contribution in [1.82, 2.24) is 10.2 Å². The Morgan fingerprint density at radius 3 is 2.26 bits per heavy atom. The maximum Gasteiger partial charge on any atom is 0.264 e. The molecule has 0 fully saturated rings. The zero-order valence-electron chi connectivity index (χ0n) is 21.9. The molecule has 0 saturated heterocycles. The molecule has 0 bridgehead atoms. The third-order valence-electron chi connectivity index (χ3n) is 6.06. The van der Waals surface area contributed by atoms with Crippen molar-refractivity contribution in [2.45, 2.75) is 37.8 Å². The first kappa shape index (κ1) is 30.3. The Balaban J connectivity index is 2.11. The molecule has 3 aromatic carbocycles. The van der Waals surface area contributed by atoms with Crippen LogP contribution in [0.4, 0.5) is 5.69 Å². The summed E-state index contributed by atoms with van der Waals surface area (Å²) in [5.41, 5.74) is 0.750. The molecule has 1 unspecified atom stereocenters. The number of nitrogens with zero attached hydrogens (tertiary/aromatic N) is 2. The standard InChI is InChI=1S/C28H31Cl2N3O5S/c1-4-24(28(35)31-5-2)32(18-20-15-16-21(29)17-23(20)30)27(34)19-33(25-13-9-10-14-26(25)38-3)39(36,37)22-11-7-6-8-12-22/h6-17,24H,4-5,18-19H2,1-3H3,(H,31,35). The van der Waals surface area contributed by atoms with Gasteiger partial charge >= 0.3 is 0 Å². The number of amides is 2. The molecule has 0 aliphatic heterocycles. The van der Waals surface area contributed by atoms with Crippen LogP contribution >= 0.6 is 23.2 Å². The molecule has 1 atom stereocenters. The zero-order valence-corrected chi connectivity index (χ0v) is 24.3. The fourth-order valence-electron chi connectivity index (χ4n) is 4.11. The van der Waals surface area contributed by atoms with Crippen LogP contribution in [0.25, 0.3) is 0 Å². The van der Waals surface area contributed by atoms with Crippen molar-refractivity contribution in [2.24, 2.45) is 0 Å². The van der Waals surface area contributed by atoms with E-state index in [-0.39, 0.29) is 28.8 Å². The molecular formula is C28H31Cl2N3O5S. The van der Waals surface area contributed by atoms with Gasteiger partial charge in [0.25, 0.3) is 10.0 Å². The van der Waals surface area contributed by atoms with Gasteiger partial charge in [0.15, 0.2) is 0 Å². The summed E-state index contributed by atoms with van der Waals surface area (Å²) in [4.78, 5) is 28.4. The maximum absolute atomic E-state index is 14.0. The van der Waals surface area contributed by atoms with Crippen LogP contribution in [0, 0.1) is 0 Å². The van der Waals surface area contributed by atoms with E-state index in [1.165, 1.54) is 24.1 Å². The highest BCUT2D eigenvalue weighted by Gasteiger charge is 2.34. The highest BCUT2D eigenvalue weighted by molar-refractivity contribution is 7.92. The Labute approximate surface area is 239 Å². The van der Waals surface area contributed by atoms with Gasteiger partial charge in [0.05, 0.1) is 17.7 Å². The van der Waals surface area contributed by atoms with Gasteiger partial charge in [0.1, 0.15) is 18.3 Å². The fraction of sp³-hybridized carbons (Fsp3) is 0.286. The minimum Gasteiger partial charge on any atom is -0.495 e. The number of likely N-dealkylation sites (N-methyl/N-ethyl adjacent to an activating group) is 1. The van der Waals surface area contributed by atoms with Crippen LogP contribution in [-0.2, 0) is 26.2 Å². The smallest absolute Gasteiger partial charge is 0.264 e. The van der Waals surface area contributed by atoms with Gasteiger partial charge in [-0.3, -0.25) is 13.9 Å². The topological polar surface area (TPSA) is 96.0 Å². The number of rotatable bonds is 12. The van der Waals surface area contributed by atoms with Crippen LogP contribution in [-0.4, -0.2) is 51.4 Å². The molecule has 208 valence electrons. The zero-order chi connectivity index (χ0) is 28.6. The van der Waals surface area contributed by atoms with E-state index < -0.39 is 28.5 Å². The number of sulfonamides is 1. The van der Waals surface area contributed by atoms with E-state index >= 15 is 0 Å². The predicted octanol–water partition coefficient (Wildman–Crippen LogP) is 5.14. The largest absolute Gasteiger partial charge is 0.495 e. The van der Waals surface area contributed by atoms with Gasteiger partial charge < -0.3 is 15.0 Å². The second-order valence-electron chi connectivity index (χ2n) is 8.57. The third-order valence-corrected chi connectivity index (χ3v) is 8.42. The molecule has 0 radical (unpaired) electrons. The van der Waals surface area contributed by atoms with Crippen LogP contribution in [0.2, 0.25) is 10.0 Å². The van der Waals surface area contributed by atoms with Crippen LogP contribution in [0.5, 0.6) is 5.75 Å². The molecule has 3 aromatic rings. The molecule has 0 saturated carbocycles. The number of hydrogen-bond acceptors (Lipinski definition) is 5. The summed E-state index contributed by atoms with van der Waals surface area (Å²) in [7, 11) is -2.78. The first-order valence-corrected chi connectivity index (χ1v) is 14.6. The van der Waals surface area contributed by atoms with Crippen molar-refractivity contribution in [3.8, 4) is 5.75 Å². The average Bonchev–Trinajstić information content (AvgIpc) is 2.93. The van der Waals surface area contributed by atoms with E-state index in [1.54, 1.807) is 74.5 Å². The van der Waals surface area contributed by atoms with Gasteiger partial charge in [0.2, 0.25) is 11.8 Å². The second kappa shape index (κ2) is 13.7. The van der Waals surface area contributed by atoms with E-state index in [4.69, 9.17) is 27.9 Å². The Morgan fingerprint density at radius 2 is 1.64 bits per heavy atom. The quantitative estimate of drug-likeness (QED) is 0.314. The van der Waals surface area contributed by atoms with E-state index in [0.717, 1.165) is 4.31 Å². The fourth-order valence-corrected chi connectivity index (χ4v) is 6.03. The average molecular weight is 593 g/mol. The van der Waals surface area contributed by atoms with E-state index in [9.17, 15) is 18.0 Å². The van der Waals surface area contributed by atoms with E-state index in [0.29, 0.717) is 28.6 Å². The van der Waals surface area contributed by atoms with Crippen molar-refractivity contribution in [2.75, 3.05) is 24.5 Å². The van der Waals surface area contributed by atoms with Crippen molar-refractivity contribution in [3.63, 3.8) is 0 Å². The number of anilines is 1. The molecule has 3 rings (SSSR count). The van der Waals surface area contributed by atoms with Crippen LogP contribution in [0.3, 0.4) is 0 Å².